The van der Waals surface area contributed by atoms with Crippen molar-refractivity contribution in [3.05, 3.63) is 52.4 Å². The van der Waals surface area contributed by atoms with E-state index in [0.29, 0.717) is 44.1 Å². The second-order valence-electron chi connectivity index (χ2n) is 6.90. The predicted molar refractivity (Wildman–Crippen MR) is 108 cm³/mol. The standard InChI is InChI=1S/C19H21ClN2O4S2/c20-15-7-5-14(6-8-15)17-13-21(10-11-26-17)19(23)16-3-1-9-22(16)28(24,25)18-4-2-12-27-18/h2,4-8,12,16-17H,1,3,9-11,13H2. The molecule has 0 saturated carbocycles. The topological polar surface area (TPSA) is 66.9 Å². The fourth-order valence-electron chi connectivity index (χ4n) is 3.74. The summed E-state index contributed by atoms with van der Waals surface area (Å²) in [5, 5.41) is 2.38. The monoisotopic (exact) mass is 440 g/mol. The number of thiophene rings is 1. The van der Waals surface area contributed by atoms with Crippen LogP contribution in [-0.4, -0.2) is 55.8 Å². The Morgan fingerprint density at radius 3 is 2.68 bits per heavy atom. The van der Waals surface area contributed by atoms with Gasteiger partial charge in [0.2, 0.25) is 5.91 Å². The molecule has 0 aliphatic carbocycles. The first-order valence-electron chi connectivity index (χ1n) is 9.18. The molecular formula is C19H21ClN2O4S2. The summed E-state index contributed by atoms with van der Waals surface area (Å²) in [5.41, 5.74) is 0.955. The fraction of sp³-hybridized carbons (Fsp3) is 0.421. The van der Waals surface area contributed by atoms with Crippen LogP contribution in [0.5, 0.6) is 0 Å². The summed E-state index contributed by atoms with van der Waals surface area (Å²) in [6, 6.07) is 10.0. The van der Waals surface area contributed by atoms with E-state index in [1.165, 1.54) is 15.6 Å². The Bertz CT molecular complexity index is 931. The number of carbonyl (C=O) groups excluding carboxylic acids is 1. The Morgan fingerprint density at radius 1 is 1.18 bits per heavy atom. The molecular weight excluding hydrogens is 420 g/mol. The number of benzene rings is 1. The van der Waals surface area contributed by atoms with Crippen molar-refractivity contribution in [3.63, 3.8) is 0 Å². The molecule has 6 nitrogen and oxygen atoms in total. The molecule has 4 rings (SSSR count). The number of morpholine rings is 1. The first kappa shape index (κ1) is 19.8. The number of hydrogen-bond acceptors (Lipinski definition) is 5. The third kappa shape index (κ3) is 3.84. The molecule has 2 atom stereocenters. The van der Waals surface area contributed by atoms with Gasteiger partial charge in [-0.1, -0.05) is 29.8 Å². The van der Waals surface area contributed by atoms with E-state index in [2.05, 4.69) is 0 Å². The summed E-state index contributed by atoms with van der Waals surface area (Å²) in [6.45, 7) is 1.67. The summed E-state index contributed by atoms with van der Waals surface area (Å²) < 4.78 is 33.4. The maximum absolute atomic E-state index is 13.2. The van der Waals surface area contributed by atoms with Gasteiger partial charge in [-0.2, -0.15) is 4.31 Å². The molecule has 2 aliphatic heterocycles. The molecule has 0 spiro atoms. The van der Waals surface area contributed by atoms with Gasteiger partial charge < -0.3 is 9.64 Å². The van der Waals surface area contributed by atoms with Gasteiger partial charge in [-0.15, -0.1) is 11.3 Å². The van der Waals surface area contributed by atoms with Gasteiger partial charge in [-0.05, 0) is 42.0 Å². The first-order valence-corrected chi connectivity index (χ1v) is 11.9. The summed E-state index contributed by atoms with van der Waals surface area (Å²) in [6.07, 6.45) is 0.997. The summed E-state index contributed by atoms with van der Waals surface area (Å²) in [5.74, 6) is -0.139. The molecule has 2 aliphatic rings. The molecule has 1 aromatic heterocycles. The van der Waals surface area contributed by atoms with E-state index in [0.717, 1.165) is 5.56 Å². The lowest BCUT2D eigenvalue weighted by molar-refractivity contribution is -0.142. The molecule has 2 saturated heterocycles. The van der Waals surface area contributed by atoms with Crippen LogP contribution in [0.4, 0.5) is 0 Å². The number of nitrogens with zero attached hydrogens (tertiary/aromatic N) is 2. The highest BCUT2D eigenvalue weighted by Crippen LogP contribution is 2.31. The highest BCUT2D eigenvalue weighted by atomic mass is 35.5. The van der Waals surface area contributed by atoms with E-state index in [4.69, 9.17) is 16.3 Å². The minimum absolute atomic E-state index is 0.139. The number of ether oxygens (including phenoxy) is 1. The molecule has 0 N–H and O–H groups in total. The average Bonchev–Trinajstić information content (AvgIpc) is 3.40. The van der Waals surface area contributed by atoms with E-state index < -0.39 is 16.1 Å². The van der Waals surface area contributed by atoms with E-state index in [-0.39, 0.29) is 16.2 Å². The minimum atomic E-state index is -3.64. The highest BCUT2D eigenvalue weighted by molar-refractivity contribution is 7.91. The van der Waals surface area contributed by atoms with E-state index in [1.54, 1.807) is 34.5 Å². The quantitative estimate of drug-likeness (QED) is 0.732. The summed E-state index contributed by atoms with van der Waals surface area (Å²) in [4.78, 5) is 14.9. The molecule has 1 amide bonds. The Kier molecular flexibility index (Phi) is 5.76. The van der Waals surface area contributed by atoms with Crippen molar-refractivity contribution in [1.82, 2.24) is 9.21 Å². The minimum Gasteiger partial charge on any atom is -0.370 e. The van der Waals surface area contributed by atoms with Gasteiger partial charge in [-0.25, -0.2) is 8.42 Å². The lowest BCUT2D eigenvalue weighted by Gasteiger charge is -2.36. The average molecular weight is 441 g/mol. The molecule has 2 unspecified atom stereocenters. The number of hydrogen-bond donors (Lipinski definition) is 0. The van der Waals surface area contributed by atoms with Crippen molar-refractivity contribution < 1.29 is 17.9 Å². The fourth-order valence-corrected chi connectivity index (χ4v) is 6.64. The van der Waals surface area contributed by atoms with Crippen molar-refractivity contribution in [2.75, 3.05) is 26.2 Å². The van der Waals surface area contributed by atoms with Crippen LogP contribution in [0.1, 0.15) is 24.5 Å². The van der Waals surface area contributed by atoms with Crippen LogP contribution in [0.25, 0.3) is 0 Å². The molecule has 150 valence electrons. The Morgan fingerprint density at radius 2 is 1.96 bits per heavy atom. The predicted octanol–water partition coefficient (Wildman–Crippen LogP) is 3.15. The smallest absolute Gasteiger partial charge is 0.253 e. The van der Waals surface area contributed by atoms with Gasteiger partial charge in [0.1, 0.15) is 16.4 Å². The third-order valence-corrected chi connectivity index (χ3v) is 8.70. The van der Waals surface area contributed by atoms with Crippen molar-refractivity contribution >= 4 is 38.9 Å². The molecule has 28 heavy (non-hydrogen) atoms. The zero-order valence-corrected chi connectivity index (χ0v) is 17.5. The van der Waals surface area contributed by atoms with Gasteiger partial charge in [0, 0.05) is 18.1 Å². The Balaban J connectivity index is 1.51. The van der Waals surface area contributed by atoms with Gasteiger partial charge in [0.15, 0.2) is 0 Å². The van der Waals surface area contributed by atoms with Crippen LogP contribution >= 0.6 is 22.9 Å². The normalized spacial score (nSPS) is 23.8. The molecule has 9 heteroatoms. The Labute approximate surface area is 173 Å². The first-order chi connectivity index (χ1) is 13.5. The largest absolute Gasteiger partial charge is 0.370 e. The van der Waals surface area contributed by atoms with E-state index in [1.807, 2.05) is 12.1 Å². The lowest BCUT2D eigenvalue weighted by Crippen LogP contribution is -2.51. The SMILES string of the molecule is O=C(C1CCCN1S(=O)(=O)c1cccs1)N1CCOC(c2ccc(Cl)cc2)C1. The zero-order chi connectivity index (χ0) is 19.7. The number of halogens is 1. The van der Waals surface area contributed by atoms with Crippen LogP contribution in [-0.2, 0) is 19.6 Å². The highest BCUT2D eigenvalue weighted by Gasteiger charge is 2.42. The Hall–Kier alpha value is -1.45. The second-order valence-corrected chi connectivity index (χ2v) is 10.4. The summed E-state index contributed by atoms with van der Waals surface area (Å²) in [7, 11) is -3.64. The van der Waals surface area contributed by atoms with Crippen molar-refractivity contribution in [2.24, 2.45) is 0 Å². The molecule has 2 aromatic rings. The number of rotatable bonds is 4. The van der Waals surface area contributed by atoms with Gasteiger partial charge >= 0.3 is 0 Å². The third-order valence-electron chi connectivity index (χ3n) is 5.17. The number of amides is 1. The lowest BCUT2D eigenvalue weighted by atomic mass is 10.1. The van der Waals surface area contributed by atoms with Crippen LogP contribution < -0.4 is 0 Å². The van der Waals surface area contributed by atoms with E-state index in [9.17, 15) is 13.2 Å². The summed E-state index contributed by atoms with van der Waals surface area (Å²) >= 11 is 7.13. The number of carbonyl (C=O) groups is 1. The van der Waals surface area contributed by atoms with Crippen molar-refractivity contribution in [3.8, 4) is 0 Å². The van der Waals surface area contributed by atoms with Gasteiger partial charge in [-0.3, -0.25) is 4.79 Å². The van der Waals surface area contributed by atoms with E-state index >= 15 is 0 Å². The maximum atomic E-state index is 13.2. The molecule has 1 aromatic carbocycles. The number of sulfonamides is 1. The van der Waals surface area contributed by atoms with Crippen LogP contribution in [0.3, 0.4) is 0 Å². The molecule has 3 heterocycles. The van der Waals surface area contributed by atoms with Gasteiger partial charge in [0.25, 0.3) is 10.0 Å². The maximum Gasteiger partial charge on any atom is 0.253 e. The molecule has 2 fully saturated rings. The van der Waals surface area contributed by atoms with Crippen LogP contribution in [0.2, 0.25) is 5.02 Å². The van der Waals surface area contributed by atoms with Crippen LogP contribution in [0, 0.1) is 0 Å². The van der Waals surface area contributed by atoms with Crippen molar-refractivity contribution in [2.45, 2.75) is 29.2 Å². The second kappa shape index (κ2) is 8.12. The molecule has 0 bridgehead atoms. The van der Waals surface area contributed by atoms with Crippen LogP contribution in [0.15, 0.2) is 46.0 Å². The molecule has 0 radical (unpaired) electrons. The zero-order valence-electron chi connectivity index (χ0n) is 15.2. The van der Waals surface area contributed by atoms with Gasteiger partial charge in [0.05, 0.1) is 13.2 Å². The van der Waals surface area contributed by atoms with Crippen molar-refractivity contribution in [1.29, 1.82) is 0 Å².